The second-order valence-corrected chi connectivity index (χ2v) is 7.90. The Balaban J connectivity index is 1.41. The Kier molecular flexibility index (Phi) is 5.62. The molecular weight excluding hydrogens is 354 g/mol. The quantitative estimate of drug-likeness (QED) is 0.832. The van der Waals surface area contributed by atoms with Gasteiger partial charge in [-0.3, -0.25) is 0 Å². The Labute approximate surface area is 165 Å². The minimum absolute atomic E-state index is 0.0565. The summed E-state index contributed by atoms with van der Waals surface area (Å²) in [6.45, 7) is 1.07. The van der Waals surface area contributed by atoms with Crippen LogP contribution in [0.5, 0.6) is 0 Å². The SMILES string of the molecule is COCc1nc2n(n1)CC(NC(=O)NC1(c3ccccc3)CCCCC1)CC2. The van der Waals surface area contributed by atoms with E-state index >= 15 is 0 Å². The van der Waals surface area contributed by atoms with Crippen LogP contribution in [0.2, 0.25) is 0 Å². The van der Waals surface area contributed by atoms with Gasteiger partial charge in [0.1, 0.15) is 12.4 Å². The lowest BCUT2D eigenvalue weighted by Crippen LogP contribution is -2.54. The second-order valence-electron chi connectivity index (χ2n) is 7.90. The second kappa shape index (κ2) is 8.31. The summed E-state index contributed by atoms with van der Waals surface area (Å²) in [7, 11) is 1.64. The predicted molar refractivity (Wildman–Crippen MR) is 106 cm³/mol. The number of fused-ring (bicyclic) bond motifs is 1. The van der Waals surface area contributed by atoms with Crippen molar-refractivity contribution in [3.05, 3.63) is 47.5 Å². The monoisotopic (exact) mass is 383 g/mol. The first-order chi connectivity index (χ1) is 13.7. The van der Waals surface area contributed by atoms with Crippen LogP contribution < -0.4 is 10.6 Å². The van der Waals surface area contributed by atoms with Crippen molar-refractivity contribution in [1.82, 2.24) is 25.4 Å². The summed E-state index contributed by atoms with van der Waals surface area (Å²) in [5.74, 6) is 1.67. The summed E-state index contributed by atoms with van der Waals surface area (Å²) >= 11 is 0. The Bertz CT molecular complexity index is 798. The molecule has 2 N–H and O–H groups in total. The van der Waals surface area contributed by atoms with E-state index in [0.29, 0.717) is 19.0 Å². The van der Waals surface area contributed by atoms with Crippen LogP contribution in [0.1, 0.15) is 55.7 Å². The Hall–Kier alpha value is -2.41. The van der Waals surface area contributed by atoms with Crippen molar-refractivity contribution in [3.63, 3.8) is 0 Å². The number of aryl methyl sites for hydroxylation is 1. The fourth-order valence-corrected chi connectivity index (χ4v) is 4.51. The van der Waals surface area contributed by atoms with Gasteiger partial charge in [-0.2, -0.15) is 5.10 Å². The molecule has 1 aliphatic carbocycles. The zero-order chi connectivity index (χ0) is 19.4. The van der Waals surface area contributed by atoms with Crippen molar-refractivity contribution >= 4 is 6.03 Å². The summed E-state index contributed by atoms with van der Waals surface area (Å²) in [6.07, 6.45) is 7.18. The Morgan fingerprint density at radius 1 is 1.25 bits per heavy atom. The standard InChI is InChI=1S/C21H29N5O2/c1-28-15-18-23-19-11-10-17(14-26(19)25-18)22-20(27)24-21(12-6-3-7-13-21)16-8-4-2-5-9-16/h2,4-5,8-9,17H,3,6-7,10-15H2,1H3,(H2,22,24,27). The largest absolute Gasteiger partial charge is 0.377 e. The van der Waals surface area contributed by atoms with E-state index in [9.17, 15) is 4.79 Å². The van der Waals surface area contributed by atoms with E-state index in [4.69, 9.17) is 4.74 Å². The highest BCUT2D eigenvalue weighted by molar-refractivity contribution is 5.75. The minimum atomic E-state index is -0.262. The van der Waals surface area contributed by atoms with Crippen molar-refractivity contribution in [3.8, 4) is 0 Å². The lowest BCUT2D eigenvalue weighted by molar-refractivity contribution is 0.177. The van der Waals surface area contributed by atoms with E-state index in [1.165, 1.54) is 12.0 Å². The molecule has 28 heavy (non-hydrogen) atoms. The summed E-state index contributed by atoms with van der Waals surface area (Å²) in [6, 6.07) is 10.4. The van der Waals surface area contributed by atoms with Crippen molar-refractivity contribution in [2.24, 2.45) is 0 Å². The number of nitrogens with zero attached hydrogens (tertiary/aromatic N) is 3. The molecule has 7 heteroatoms. The smallest absolute Gasteiger partial charge is 0.315 e. The third kappa shape index (κ3) is 4.04. The molecule has 7 nitrogen and oxygen atoms in total. The van der Waals surface area contributed by atoms with E-state index in [2.05, 4.69) is 45.0 Å². The van der Waals surface area contributed by atoms with E-state index in [1.807, 2.05) is 10.7 Å². The topological polar surface area (TPSA) is 81.1 Å². The molecule has 2 aromatic rings. The van der Waals surface area contributed by atoms with Crippen LogP contribution in [0, 0.1) is 0 Å². The van der Waals surface area contributed by atoms with Gasteiger partial charge in [-0.05, 0) is 24.8 Å². The number of nitrogens with one attached hydrogen (secondary N) is 2. The molecule has 2 aliphatic rings. The first-order valence-corrected chi connectivity index (χ1v) is 10.2. The number of carbonyl (C=O) groups is 1. The van der Waals surface area contributed by atoms with Crippen LogP contribution in [0.25, 0.3) is 0 Å². The summed E-state index contributed by atoms with van der Waals surface area (Å²) < 4.78 is 7.02. The third-order valence-corrected chi connectivity index (χ3v) is 5.90. The third-order valence-electron chi connectivity index (χ3n) is 5.90. The minimum Gasteiger partial charge on any atom is -0.377 e. The fraction of sp³-hybridized carbons (Fsp3) is 0.571. The maximum atomic E-state index is 12.9. The normalized spacial score (nSPS) is 21.0. The highest BCUT2D eigenvalue weighted by Crippen LogP contribution is 2.37. The molecule has 2 amide bonds. The summed E-state index contributed by atoms with van der Waals surface area (Å²) in [5.41, 5.74) is 0.943. The van der Waals surface area contributed by atoms with Crippen LogP contribution in [0.3, 0.4) is 0 Å². The first kappa shape index (κ1) is 18.9. The molecule has 0 radical (unpaired) electrons. The number of aromatic nitrogens is 3. The van der Waals surface area contributed by atoms with Gasteiger partial charge in [-0.15, -0.1) is 0 Å². The average molecular weight is 383 g/mol. The lowest BCUT2D eigenvalue weighted by atomic mass is 9.76. The molecule has 1 fully saturated rings. The van der Waals surface area contributed by atoms with Crippen LogP contribution in [0.15, 0.2) is 30.3 Å². The highest BCUT2D eigenvalue weighted by Gasteiger charge is 2.36. The molecule has 1 atom stereocenters. The molecule has 0 saturated heterocycles. The molecule has 2 heterocycles. The highest BCUT2D eigenvalue weighted by atomic mass is 16.5. The fourth-order valence-electron chi connectivity index (χ4n) is 4.51. The summed E-state index contributed by atoms with van der Waals surface area (Å²) in [4.78, 5) is 17.4. The molecule has 1 aliphatic heterocycles. The number of carbonyl (C=O) groups excluding carboxylic acids is 1. The number of rotatable bonds is 5. The van der Waals surface area contributed by atoms with Gasteiger partial charge in [-0.25, -0.2) is 14.5 Å². The van der Waals surface area contributed by atoms with Crippen molar-refractivity contribution in [2.45, 2.75) is 69.7 Å². The van der Waals surface area contributed by atoms with Gasteiger partial charge in [0.05, 0.1) is 18.1 Å². The predicted octanol–water partition coefficient (Wildman–Crippen LogP) is 2.90. The van der Waals surface area contributed by atoms with Gasteiger partial charge in [0.15, 0.2) is 5.82 Å². The molecule has 4 rings (SSSR count). The van der Waals surface area contributed by atoms with E-state index in [1.54, 1.807) is 7.11 Å². The number of benzene rings is 1. The van der Waals surface area contributed by atoms with Crippen LogP contribution in [-0.2, 0) is 29.8 Å². The summed E-state index contributed by atoms with van der Waals surface area (Å²) in [5, 5.41) is 11.0. The molecule has 150 valence electrons. The van der Waals surface area contributed by atoms with Gasteiger partial charge in [0.2, 0.25) is 0 Å². The number of urea groups is 1. The van der Waals surface area contributed by atoms with E-state index in [-0.39, 0.29) is 17.6 Å². The Morgan fingerprint density at radius 2 is 2.04 bits per heavy atom. The maximum Gasteiger partial charge on any atom is 0.315 e. The number of amides is 2. The lowest BCUT2D eigenvalue weighted by Gasteiger charge is -2.39. The van der Waals surface area contributed by atoms with Gasteiger partial charge >= 0.3 is 6.03 Å². The molecule has 1 unspecified atom stereocenters. The zero-order valence-corrected chi connectivity index (χ0v) is 16.5. The van der Waals surface area contributed by atoms with Crippen LogP contribution in [0.4, 0.5) is 4.79 Å². The van der Waals surface area contributed by atoms with Gasteiger partial charge in [-0.1, -0.05) is 49.6 Å². The number of hydrogen-bond acceptors (Lipinski definition) is 4. The molecular formula is C21H29N5O2. The van der Waals surface area contributed by atoms with Gasteiger partial charge < -0.3 is 15.4 Å². The van der Waals surface area contributed by atoms with Crippen LogP contribution >= 0.6 is 0 Å². The number of hydrogen-bond donors (Lipinski definition) is 2. The van der Waals surface area contributed by atoms with Crippen molar-refractivity contribution in [2.75, 3.05) is 7.11 Å². The number of ether oxygens (including phenoxy) is 1. The molecule has 1 aromatic carbocycles. The van der Waals surface area contributed by atoms with Crippen molar-refractivity contribution < 1.29 is 9.53 Å². The van der Waals surface area contributed by atoms with Crippen molar-refractivity contribution in [1.29, 1.82) is 0 Å². The molecule has 0 spiro atoms. The number of methoxy groups -OCH3 is 1. The van der Waals surface area contributed by atoms with E-state index in [0.717, 1.165) is 44.3 Å². The molecule has 1 aromatic heterocycles. The van der Waals surface area contributed by atoms with Gasteiger partial charge in [0.25, 0.3) is 0 Å². The first-order valence-electron chi connectivity index (χ1n) is 10.2. The zero-order valence-electron chi connectivity index (χ0n) is 16.5. The Morgan fingerprint density at radius 3 is 2.79 bits per heavy atom. The average Bonchev–Trinajstić information content (AvgIpc) is 3.11. The van der Waals surface area contributed by atoms with E-state index < -0.39 is 0 Å². The maximum absolute atomic E-state index is 12.9. The van der Waals surface area contributed by atoms with Crippen LogP contribution in [-0.4, -0.2) is 33.9 Å². The molecule has 1 saturated carbocycles. The molecule has 0 bridgehead atoms. The van der Waals surface area contributed by atoms with Gasteiger partial charge in [0, 0.05) is 13.5 Å².